The van der Waals surface area contributed by atoms with Gasteiger partial charge in [-0.25, -0.2) is 4.39 Å². The van der Waals surface area contributed by atoms with Crippen LogP contribution in [-0.2, 0) is 0 Å². The Hall–Kier alpha value is -1.49. The largest absolute Gasteiger partial charge is 0.349 e. The van der Waals surface area contributed by atoms with Gasteiger partial charge < -0.3 is 10.2 Å². The molecule has 98 valence electrons. The maximum Gasteiger partial charge on any atom is 0.254 e. The van der Waals surface area contributed by atoms with Crippen molar-refractivity contribution in [3.63, 3.8) is 0 Å². The van der Waals surface area contributed by atoms with Crippen molar-refractivity contribution >= 4 is 5.91 Å². The van der Waals surface area contributed by atoms with E-state index >= 15 is 0 Å². The van der Waals surface area contributed by atoms with E-state index in [2.05, 4.69) is 22.1 Å². The van der Waals surface area contributed by atoms with E-state index in [1.807, 2.05) is 0 Å². The van der Waals surface area contributed by atoms with E-state index in [0.717, 1.165) is 38.7 Å². The lowest BCUT2D eigenvalue weighted by atomic mass is 10.0. The number of pyridine rings is 1. The molecular weight excluding hydrogens is 233 g/mol. The summed E-state index contributed by atoms with van der Waals surface area (Å²) in [5, 5.41) is 2.89. The number of likely N-dealkylation sites (tertiary alicyclic amines) is 1. The molecule has 18 heavy (non-hydrogen) atoms. The molecule has 0 atom stereocenters. The van der Waals surface area contributed by atoms with Crippen LogP contribution in [0.2, 0.25) is 0 Å². The van der Waals surface area contributed by atoms with Gasteiger partial charge in [-0.3, -0.25) is 9.78 Å². The molecule has 1 amide bonds. The molecule has 1 aromatic heterocycles. The van der Waals surface area contributed by atoms with Gasteiger partial charge >= 0.3 is 0 Å². The third kappa shape index (κ3) is 3.04. The number of hydrogen-bond acceptors (Lipinski definition) is 3. The number of nitrogens with one attached hydrogen (secondary N) is 1. The second-order valence-corrected chi connectivity index (χ2v) is 4.54. The average molecular weight is 251 g/mol. The molecule has 0 spiro atoms. The van der Waals surface area contributed by atoms with E-state index in [4.69, 9.17) is 0 Å². The minimum absolute atomic E-state index is 0.0721. The van der Waals surface area contributed by atoms with Gasteiger partial charge in [-0.15, -0.1) is 0 Å². The number of halogens is 1. The molecule has 0 radical (unpaired) electrons. The summed E-state index contributed by atoms with van der Waals surface area (Å²) in [4.78, 5) is 17.9. The van der Waals surface area contributed by atoms with Crippen molar-refractivity contribution in [1.82, 2.24) is 15.2 Å². The maximum atomic E-state index is 13.4. The first-order valence-corrected chi connectivity index (χ1v) is 6.33. The van der Waals surface area contributed by atoms with Gasteiger partial charge in [0.25, 0.3) is 5.91 Å². The number of carbonyl (C=O) groups is 1. The van der Waals surface area contributed by atoms with Gasteiger partial charge in [-0.2, -0.15) is 0 Å². The van der Waals surface area contributed by atoms with Crippen LogP contribution in [0.3, 0.4) is 0 Å². The number of piperidine rings is 1. The van der Waals surface area contributed by atoms with Crippen LogP contribution in [0, 0.1) is 5.82 Å². The third-order valence-corrected chi connectivity index (χ3v) is 3.39. The Labute approximate surface area is 106 Å². The first kappa shape index (κ1) is 13.0. The molecule has 1 aromatic rings. The summed E-state index contributed by atoms with van der Waals surface area (Å²) in [7, 11) is 0. The molecule has 1 fully saturated rings. The predicted molar refractivity (Wildman–Crippen MR) is 66.8 cm³/mol. The van der Waals surface area contributed by atoms with E-state index in [-0.39, 0.29) is 17.5 Å². The van der Waals surface area contributed by atoms with E-state index in [9.17, 15) is 9.18 Å². The molecule has 4 nitrogen and oxygen atoms in total. The first-order valence-electron chi connectivity index (χ1n) is 6.33. The van der Waals surface area contributed by atoms with E-state index in [0.29, 0.717) is 0 Å². The smallest absolute Gasteiger partial charge is 0.254 e. The minimum Gasteiger partial charge on any atom is -0.349 e. The van der Waals surface area contributed by atoms with Gasteiger partial charge in [0.2, 0.25) is 0 Å². The van der Waals surface area contributed by atoms with Crippen molar-refractivity contribution in [3.05, 3.63) is 29.8 Å². The Balaban J connectivity index is 1.91. The van der Waals surface area contributed by atoms with E-state index in [1.54, 1.807) is 0 Å². The number of carbonyl (C=O) groups excluding carboxylic acids is 1. The average Bonchev–Trinajstić information content (AvgIpc) is 2.40. The topological polar surface area (TPSA) is 45.2 Å². The van der Waals surface area contributed by atoms with Gasteiger partial charge in [-0.1, -0.05) is 6.92 Å². The summed E-state index contributed by atoms with van der Waals surface area (Å²) in [6.45, 7) is 5.14. The summed E-state index contributed by atoms with van der Waals surface area (Å²) < 4.78 is 13.4. The fourth-order valence-corrected chi connectivity index (χ4v) is 2.22. The Morgan fingerprint density at radius 2 is 2.28 bits per heavy atom. The normalized spacial score (nSPS) is 17.7. The second-order valence-electron chi connectivity index (χ2n) is 4.54. The highest BCUT2D eigenvalue weighted by Gasteiger charge is 2.21. The van der Waals surface area contributed by atoms with E-state index in [1.165, 1.54) is 12.3 Å². The lowest BCUT2D eigenvalue weighted by Gasteiger charge is -2.31. The van der Waals surface area contributed by atoms with Gasteiger partial charge in [0.15, 0.2) is 5.82 Å². The molecule has 2 rings (SSSR count). The van der Waals surface area contributed by atoms with Crippen LogP contribution in [0.4, 0.5) is 4.39 Å². The van der Waals surface area contributed by atoms with Crippen LogP contribution in [0.1, 0.15) is 30.1 Å². The molecule has 1 aliphatic heterocycles. The molecule has 0 bridgehead atoms. The number of hydrogen-bond donors (Lipinski definition) is 1. The number of amides is 1. The van der Waals surface area contributed by atoms with Crippen LogP contribution >= 0.6 is 0 Å². The number of rotatable bonds is 3. The van der Waals surface area contributed by atoms with Crippen LogP contribution < -0.4 is 5.32 Å². The van der Waals surface area contributed by atoms with Crippen LogP contribution in [0.5, 0.6) is 0 Å². The highest BCUT2D eigenvalue weighted by Crippen LogP contribution is 2.11. The number of nitrogens with zero attached hydrogens (tertiary/aromatic N) is 2. The second kappa shape index (κ2) is 5.91. The van der Waals surface area contributed by atoms with Crippen molar-refractivity contribution in [3.8, 4) is 0 Å². The van der Waals surface area contributed by atoms with Crippen LogP contribution in [0.25, 0.3) is 0 Å². The summed E-state index contributed by atoms with van der Waals surface area (Å²) in [5.74, 6) is -0.911. The molecule has 2 heterocycles. The molecule has 0 saturated carbocycles. The Kier molecular flexibility index (Phi) is 4.25. The zero-order valence-electron chi connectivity index (χ0n) is 10.5. The quantitative estimate of drug-likeness (QED) is 0.884. The van der Waals surface area contributed by atoms with Crippen molar-refractivity contribution < 1.29 is 9.18 Å². The van der Waals surface area contributed by atoms with Crippen LogP contribution in [-0.4, -0.2) is 41.5 Å². The zero-order valence-corrected chi connectivity index (χ0v) is 10.5. The van der Waals surface area contributed by atoms with Crippen molar-refractivity contribution in [1.29, 1.82) is 0 Å². The molecule has 0 unspecified atom stereocenters. The Bertz CT molecular complexity index is 416. The van der Waals surface area contributed by atoms with E-state index < -0.39 is 5.82 Å². The Morgan fingerprint density at radius 1 is 1.56 bits per heavy atom. The fourth-order valence-electron chi connectivity index (χ4n) is 2.22. The molecule has 0 aromatic carbocycles. The fraction of sp³-hybridized carbons (Fsp3) is 0.538. The lowest BCUT2D eigenvalue weighted by Crippen LogP contribution is -2.44. The van der Waals surface area contributed by atoms with Gasteiger partial charge in [0.1, 0.15) is 0 Å². The SMILES string of the molecule is CCN1CCC(NC(=O)c2ccncc2F)CC1. The van der Waals surface area contributed by atoms with Gasteiger partial charge in [-0.05, 0) is 25.5 Å². The summed E-state index contributed by atoms with van der Waals surface area (Å²) >= 11 is 0. The summed E-state index contributed by atoms with van der Waals surface area (Å²) in [5.41, 5.74) is 0.0721. The lowest BCUT2D eigenvalue weighted by molar-refractivity contribution is 0.0908. The summed E-state index contributed by atoms with van der Waals surface area (Å²) in [6, 6.07) is 1.55. The first-order chi connectivity index (χ1) is 8.70. The molecule has 5 heteroatoms. The highest BCUT2D eigenvalue weighted by molar-refractivity contribution is 5.94. The highest BCUT2D eigenvalue weighted by atomic mass is 19.1. The predicted octanol–water partition coefficient (Wildman–Crippen LogP) is 1.43. The van der Waals surface area contributed by atoms with Crippen LogP contribution in [0.15, 0.2) is 18.5 Å². The Morgan fingerprint density at radius 3 is 2.89 bits per heavy atom. The standard InChI is InChI=1S/C13H18FN3O/c1-2-17-7-4-10(5-8-17)16-13(18)11-3-6-15-9-12(11)14/h3,6,9-10H,2,4-5,7-8H2,1H3,(H,16,18). The molecule has 1 saturated heterocycles. The molecule has 1 aliphatic rings. The van der Waals surface area contributed by atoms with Gasteiger partial charge in [0.05, 0.1) is 11.8 Å². The minimum atomic E-state index is -0.569. The third-order valence-electron chi connectivity index (χ3n) is 3.39. The zero-order chi connectivity index (χ0) is 13.0. The van der Waals surface area contributed by atoms with Crippen molar-refractivity contribution in [2.75, 3.05) is 19.6 Å². The summed E-state index contributed by atoms with van der Waals surface area (Å²) in [6.07, 6.45) is 4.34. The molecule has 0 aliphatic carbocycles. The molecular formula is C13H18FN3O. The van der Waals surface area contributed by atoms with Gasteiger partial charge in [0, 0.05) is 25.3 Å². The monoisotopic (exact) mass is 251 g/mol. The van der Waals surface area contributed by atoms with Crippen molar-refractivity contribution in [2.45, 2.75) is 25.8 Å². The molecule has 1 N–H and O–H groups in total. The maximum absolute atomic E-state index is 13.4. The van der Waals surface area contributed by atoms with Crippen molar-refractivity contribution in [2.24, 2.45) is 0 Å². The number of aromatic nitrogens is 1.